The second-order valence-electron chi connectivity index (χ2n) is 4.37. The van der Waals surface area contributed by atoms with Gasteiger partial charge in [0.2, 0.25) is 0 Å². The molecule has 1 rings (SSSR count). The molecule has 2 heteroatoms. The van der Waals surface area contributed by atoms with Gasteiger partial charge in [0.1, 0.15) is 0 Å². The maximum atomic E-state index is 9.63. The molecule has 0 aromatic heterocycles. The highest BCUT2D eigenvalue weighted by atomic mass is 16.3. The molecular weight excluding hydrogens is 188 g/mol. The van der Waals surface area contributed by atoms with Gasteiger partial charge in [0.15, 0.2) is 0 Å². The van der Waals surface area contributed by atoms with E-state index >= 15 is 0 Å². The molecular formula is C13H20O2. The minimum atomic E-state index is -0.539. The first-order valence-corrected chi connectivity index (χ1v) is 5.51. The molecule has 1 atom stereocenters. The Labute approximate surface area is 91.6 Å². The van der Waals surface area contributed by atoms with Crippen LogP contribution in [0.2, 0.25) is 0 Å². The van der Waals surface area contributed by atoms with E-state index < -0.39 is 6.10 Å². The summed E-state index contributed by atoms with van der Waals surface area (Å²) in [6, 6.07) is 7.99. The predicted molar refractivity (Wildman–Crippen MR) is 61.6 cm³/mol. The van der Waals surface area contributed by atoms with Gasteiger partial charge < -0.3 is 10.2 Å². The third-order valence-electron chi connectivity index (χ3n) is 2.41. The molecule has 2 nitrogen and oxygen atoms in total. The standard InChI is InChI=1S/C13H20O2/c1-10(2)9-11-3-5-12(6-4-11)13(15)7-8-14/h3-6,10,13-15H,7-9H2,1-2H3. The summed E-state index contributed by atoms with van der Waals surface area (Å²) in [6.45, 7) is 4.40. The van der Waals surface area contributed by atoms with E-state index in [1.54, 1.807) is 0 Å². The van der Waals surface area contributed by atoms with Crippen LogP contribution in [0.5, 0.6) is 0 Å². The Bertz CT molecular complexity index is 277. The monoisotopic (exact) mass is 208 g/mol. The van der Waals surface area contributed by atoms with Crippen LogP contribution in [0.15, 0.2) is 24.3 Å². The Balaban J connectivity index is 2.63. The topological polar surface area (TPSA) is 40.5 Å². The molecule has 84 valence electrons. The molecule has 0 aliphatic rings. The maximum absolute atomic E-state index is 9.63. The SMILES string of the molecule is CC(C)Cc1ccc(C(O)CCO)cc1. The minimum absolute atomic E-state index is 0.0227. The van der Waals surface area contributed by atoms with E-state index in [0.717, 1.165) is 12.0 Å². The van der Waals surface area contributed by atoms with E-state index in [4.69, 9.17) is 5.11 Å². The zero-order valence-electron chi connectivity index (χ0n) is 9.48. The van der Waals surface area contributed by atoms with Gasteiger partial charge in [-0.1, -0.05) is 38.1 Å². The molecule has 0 aliphatic carbocycles. The first-order valence-electron chi connectivity index (χ1n) is 5.51. The van der Waals surface area contributed by atoms with Crippen LogP contribution in [0.25, 0.3) is 0 Å². The molecule has 0 fully saturated rings. The van der Waals surface area contributed by atoms with Crippen LogP contribution >= 0.6 is 0 Å². The van der Waals surface area contributed by atoms with Crippen LogP contribution in [0, 0.1) is 5.92 Å². The molecule has 1 unspecified atom stereocenters. The lowest BCUT2D eigenvalue weighted by Crippen LogP contribution is -2.01. The van der Waals surface area contributed by atoms with E-state index in [2.05, 4.69) is 26.0 Å². The van der Waals surface area contributed by atoms with E-state index in [0.29, 0.717) is 12.3 Å². The lowest BCUT2D eigenvalue weighted by molar-refractivity contribution is 0.134. The number of rotatable bonds is 5. The molecule has 0 saturated heterocycles. The first-order chi connectivity index (χ1) is 7.13. The summed E-state index contributed by atoms with van der Waals surface area (Å²) in [5.74, 6) is 0.651. The molecule has 0 radical (unpaired) electrons. The minimum Gasteiger partial charge on any atom is -0.396 e. The summed E-state index contributed by atoms with van der Waals surface area (Å²) in [6.07, 6.45) is 0.933. The van der Waals surface area contributed by atoms with Crippen molar-refractivity contribution in [3.05, 3.63) is 35.4 Å². The van der Waals surface area contributed by atoms with Gasteiger partial charge in [-0.2, -0.15) is 0 Å². The predicted octanol–water partition coefficient (Wildman–Crippen LogP) is 2.30. The molecule has 15 heavy (non-hydrogen) atoms. The molecule has 0 bridgehead atoms. The Morgan fingerprint density at radius 2 is 1.73 bits per heavy atom. The van der Waals surface area contributed by atoms with E-state index in [1.165, 1.54) is 5.56 Å². The van der Waals surface area contributed by atoms with Gasteiger partial charge in [-0.3, -0.25) is 0 Å². The summed E-state index contributed by atoms with van der Waals surface area (Å²) < 4.78 is 0. The molecule has 0 amide bonds. The van der Waals surface area contributed by atoms with E-state index in [-0.39, 0.29) is 6.61 Å². The summed E-state index contributed by atoms with van der Waals surface area (Å²) >= 11 is 0. The molecule has 0 spiro atoms. The van der Waals surface area contributed by atoms with Crippen molar-refractivity contribution in [2.24, 2.45) is 5.92 Å². The van der Waals surface area contributed by atoms with Crippen molar-refractivity contribution in [3.63, 3.8) is 0 Å². The summed E-state index contributed by atoms with van der Waals surface area (Å²) in [4.78, 5) is 0. The summed E-state index contributed by atoms with van der Waals surface area (Å²) in [5, 5.41) is 18.3. The molecule has 0 saturated carbocycles. The molecule has 0 heterocycles. The van der Waals surface area contributed by atoms with Gasteiger partial charge in [0.05, 0.1) is 6.10 Å². The smallest absolute Gasteiger partial charge is 0.0811 e. The van der Waals surface area contributed by atoms with E-state index in [9.17, 15) is 5.11 Å². The quantitative estimate of drug-likeness (QED) is 0.779. The third-order valence-corrected chi connectivity index (χ3v) is 2.41. The van der Waals surface area contributed by atoms with Gasteiger partial charge in [-0.15, -0.1) is 0 Å². The van der Waals surface area contributed by atoms with E-state index in [1.807, 2.05) is 12.1 Å². The summed E-state index contributed by atoms with van der Waals surface area (Å²) in [5.41, 5.74) is 2.18. The van der Waals surface area contributed by atoms with Crippen molar-refractivity contribution < 1.29 is 10.2 Å². The van der Waals surface area contributed by atoms with Crippen molar-refractivity contribution in [2.75, 3.05) is 6.61 Å². The first kappa shape index (κ1) is 12.2. The lowest BCUT2D eigenvalue weighted by atomic mass is 9.99. The van der Waals surface area contributed by atoms with Crippen molar-refractivity contribution in [3.8, 4) is 0 Å². The Hall–Kier alpha value is -0.860. The fraction of sp³-hybridized carbons (Fsp3) is 0.538. The highest BCUT2D eigenvalue weighted by Crippen LogP contribution is 2.17. The normalized spacial score (nSPS) is 13.1. The van der Waals surface area contributed by atoms with Crippen LogP contribution in [-0.2, 0) is 6.42 Å². The maximum Gasteiger partial charge on any atom is 0.0811 e. The van der Waals surface area contributed by atoms with Gasteiger partial charge in [0.25, 0.3) is 0 Å². The average Bonchev–Trinajstić information content (AvgIpc) is 2.18. The molecule has 1 aromatic carbocycles. The number of hydrogen-bond donors (Lipinski definition) is 2. The second-order valence-corrected chi connectivity index (χ2v) is 4.37. The molecule has 1 aromatic rings. The largest absolute Gasteiger partial charge is 0.396 e. The molecule has 2 N–H and O–H groups in total. The van der Waals surface area contributed by atoms with Crippen molar-refractivity contribution in [1.82, 2.24) is 0 Å². The third kappa shape index (κ3) is 4.02. The van der Waals surface area contributed by atoms with Crippen molar-refractivity contribution >= 4 is 0 Å². The number of aliphatic hydroxyl groups is 2. The Morgan fingerprint density at radius 1 is 1.13 bits per heavy atom. The highest BCUT2D eigenvalue weighted by Gasteiger charge is 2.06. The van der Waals surface area contributed by atoms with Gasteiger partial charge in [-0.05, 0) is 23.5 Å². The zero-order chi connectivity index (χ0) is 11.3. The van der Waals surface area contributed by atoms with Crippen LogP contribution in [-0.4, -0.2) is 16.8 Å². The summed E-state index contributed by atoms with van der Waals surface area (Å²) in [7, 11) is 0. The van der Waals surface area contributed by atoms with Gasteiger partial charge in [0, 0.05) is 13.0 Å². The highest BCUT2D eigenvalue weighted by molar-refractivity contribution is 5.24. The lowest BCUT2D eigenvalue weighted by Gasteiger charge is -2.10. The van der Waals surface area contributed by atoms with Crippen LogP contribution in [0.4, 0.5) is 0 Å². The van der Waals surface area contributed by atoms with Gasteiger partial charge >= 0.3 is 0 Å². The van der Waals surface area contributed by atoms with Gasteiger partial charge in [-0.25, -0.2) is 0 Å². The number of aliphatic hydroxyl groups excluding tert-OH is 2. The van der Waals surface area contributed by atoms with Crippen LogP contribution in [0.3, 0.4) is 0 Å². The van der Waals surface area contributed by atoms with Crippen molar-refractivity contribution in [1.29, 1.82) is 0 Å². The van der Waals surface area contributed by atoms with Crippen molar-refractivity contribution in [2.45, 2.75) is 32.8 Å². The number of hydrogen-bond acceptors (Lipinski definition) is 2. The average molecular weight is 208 g/mol. The Morgan fingerprint density at radius 3 is 2.20 bits per heavy atom. The fourth-order valence-corrected chi connectivity index (χ4v) is 1.64. The molecule has 0 aliphatic heterocycles. The van der Waals surface area contributed by atoms with Crippen LogP contribution in [0.1, 0.15) is 37.5 Å². The second kappa shape index (κ2) is 5.89. The van der Waals surface area contributed by atoms with Crippen LogP contribution < -0.4 is 0 Å². The fourth-order valence-electron chi connectivity index (χ4n) is 1.64. The number of benzene rings is 1. The Kier molecular flexibility index (Phi) is 4.79. The zero-order valence-corrected chi connectivity index (χ0v) is 9.48.